The number of ketones is 1. The predicted molar refractivity (Wildman–Crippen MR) is 29.6 cm³/mol. The summed E-state index contributed by atoms with van der Waals surface area (Å²) in [5, 5.41) is 0. The van der Waals surface area contributed by atoms with Gasteiger partial charge in [-0.3, -0.25) is 4.79 Å². The van der Waals surface area contributed by atoms with Crippen LogP contribution < -0.4 is 0 Å². The molecule has 0 spiro atoms. The molecule has 1 atom stereocenters. The molecule has 0 aromatic heterocycles. The van der Waals surface area contributed by atoms with E-state index in [0.717, 1.165) is 6.42 Å². The Balaban J connectivity index is 2.42. The molecule has 0 saturated carbocycles. The maximum absolute atomic E-state index is 10.7. The zero-order valence-electron chi connectivity index (χ0n) is 5.02. The molecule has 1 fully saturated rings. The maximum Gasteiger partial charge on any atom is 0.163 e. The Morgan fingerprint density at radius 2 is 2.62 bits per heavy atom. The molecule has 0 bridgehead atoms. The second kappa shape index (κ2) is 2.27. The summed E-state index contributed by atoms with van der Waals surface area (Å²) in [6.45, 7) is 3.01. The number of rotatable bonds is 1. The molecule has 0 aromatic carbocycles. The zero-order chi connectivity index (χ0) is 5.98. The fourth-order valence-electron chi connectivity index (χ4n) is 0.858. The summed E-state index contributed by atoms with van der Waals surface area (Å²) in [6, 6.07) is 0. The van der Waals surface area contributed by atoms with Gasteiger partial charge >= 0.3 is 0 Å². The largest absolute Gasteiger partial charge is 0.373 e. The van der Waals surface area contributed by atoms with Crippen LogP contribution in [0, 0.1) is 5.92 Å². The summed E-state index contributed by atoms with van der Waals surface area (Å²) in [4.78, 5) is 10.7. The number of hydrogen-bond donors (Lipinski definition) is 0. The van der Waals surface area contributed by atoms with Crippen molar-refractivity contribution < 1.29 is 9.53 Å². The Morgan fingerprint density at radius 3 is 2.88 bits per heavy atom. The van der Waals surface area contributed by atoms with Gasteiger partial charge in [-0.2, -0.15) is 0 Å². The normalized spacial score (nSPS) is 29.1. The first kappa shape index (κ1) is 5.76. The predicted octanol–water partition coefficient (Wildman–Crippen LogP) is 0.612. The molecule has 1 aliphatic heterocycles. The molecule has 1 heterocycles. The molecule has 0 N–H and O–H groups in total. The highest BCUT2D eigenvalue weighted by molar-refractivity contribution is 5.83. The minimum atomic E-state index is 0.204. The van der Waals surface area contributed by atoms with Crippen molar-refractivity contribution in [2.24, 2.45) is 5.92 Å². The van der Waals surface area contributed by atoms with E-state index in [1.807, 2.05) is 6.92 Å². The van der Waals surface area contributed by atoms with Crippen LogP contribution in [0.15, 0.2) is 0 Å². The summed E-state index contributed by atoms with van der Waals surface area (Å²) >= 11 is 0. The van der Waals surface area contributed by atoms with Gasteiger partial charge in [0.2, 0.25) is 0 Å². The third-order valence-corrected chi connectivity index (χ3v) is 1.51. The lowest BCUT2D eigenvalue weighted by molar-refractivity contribution is -0.120. The van der Waals surface area contributed by atoms with Crippen molar-refractivity contribution in [3.05, 3.63) is 0 Å². The minimum absolute atomic E-state index is 0.204. The van der Waals surface area contributed by atoms with E-state index in [4.69, 9.17) is 4.74 Å². The SMILES string of the molecule is CC[C@@H]1COCC1=O. The van der Waals surface area contributed by atoms with Gasteiger partial charge in [-0.05, 0) is 6.42 Å². The quantitative estimate of drug-likeness (QED) is 0.499. The molecule has 0 amide bonds. The van der Waals surface area contributed by atoms with Gasteiger partial charge in [0, 0.05) is 5.92 Å². The lowest BCUT2D eigenvalue weighted by Gasteiger charge is -1.96. The molecule has 0 radical (unpaired) electrons. The van der Waals surface area contributed by atoms with Gasteiger partial charge in [-0.1, -0.05) is 6.92 Å². The average Bonchev–Trinajstić information content (AvgIpc) is 2.14. The van der Waals surface area contributed by atoms with Crippen LogP contribution in [-0.4, -0.2) is 19.0 Å². The van der Waals surface area contributed by atoms with E-state index in [1.54, 1.807) is 0 Å². The Morgan fingerprint density at radius 1 is 1.88 bits per heavy atom. The summed E-state index contributed by atoms with van der Waals surface area (Å²) < 4.78 is 4.91. The Bertz CT molecular complexity index is 98.7. The van der Waals surface area contributed by atoms with Crippen LogP contribution in [0.3, 0.4) is 0 Å². The summed E-state index contributed by atoms with van der Waals surface area (Å²) in [5.41, 5.74) is 0. The van der Waals surface area contributed by atoms with Gasteiger partial charge in [0.1, 0.15) is 6.61 Å². The topological polar surface area (TPSA) is 26.3 Å². The van der Waals surface area contributed by atoms with E-state index in [0.29, 0.717) is 13.2 Å². The number of carbonyl (C=O) groups excluding carboxylic acids is 1. The third kappa shape index (κ3) is 0.892. The van der Waals surface area contributed by atoms with Gasteiger partial charge in [0.25, 0.3) is 0 Å². The summed E-state index contributed by atoms with van der Waals surface area (Å²) in [7, 11) is 0. The van der Waals surface area contributed by atoms with E-state index in [2.05, 4.69) is 0 Å². The molecule has 2 nitrogen and oxygen atoms in total. The molecule has 8 heavy (non-hydrogen) atoms. The van der Waals surface area contributed by atoms with Crippen molar-refractivity contribution >= 4 is 5.78 Å². The third-order valence-electron chi connectivity index (χ3n) is 1.51. The molecule has 0 aromatic rings. The molecule has 46 valence electrons. The molecule has 1 saturated heterocycles. The van der Waals surface area contributed by atoms with E-state index in [-0.39, 0.29) is 11.7 Å². The average molecular weight is 114 g/mol. The Hall–Kier alpha value is -0.370. The lowest BCUT2D eigenvalue weighted by Crippen LogP contribution is -2.08. The molecule has 0 aliphatic carbocycles. The zero-order valence-corrected chi connectivity index (χ0v) is 5.02. The highest BCUT2D eigenvalue weighted by Gasteiger charge is 2.22. The van der Waals surface area contributed by atoms with E-state index in [9.17, 15) is 4.79 Å². The van der Waals surface area contributed by atoms with Crippen LogP contribution in [0.25, 0.3) is 0 Å². The van der Waals surface area contributed by atoms with Crippen LogP contribution in [0.1, 0.15) is 13.3 Å². The minimum Gasteiger partial charge on any atom is -0.373 e. The van der Waals surface area contributed by atoms with Crippen molar-refractivity contribution in [3.8, 4) is 0 Å². The van der Waals surface area contributed by atoms with Crippen LogP contribution >= 0.6 is 0 Å². The maximum atomic E-state index is 10.7. The first-order chi connectivity index (χ1) is 3.84. The highest BCUT2D eigenvalue weighted by atomic mass is 16.5. The van der Waals surface area contributed by atoms with E-state index < -0.39 is 0 Å². The summed E-state index contributed by atoms with van der Waals surface area (Å²) in [6.07, 6.45) is 0.929. The van der Waals surface area contributed by atoms with Crippen molar-refractivity contribution in [1.82, 2.24) is 0 Å². The molecule has 1 aliphatic rings. The smallest absolute Gasteiger partial charge is 0.163 e. The molecular weight excluding hydrogens is 104 g/mol. The number of ether oxygens (including phenoxy) is 1. The van der Waals surface area contributed by atoms with Crippen molar-refractivity contribution in [3.63, 3.8) is 0 Å². The Kier molecular flexibility index (Phi) is 1.63. The number of carbonyl (C=O) groups is 1. The Labute approximate surface area is 48.8 Å². The van der Waals surface area contributed by atoms with Crippen molar-refractivity contribution in [1.29, 1.82) is 0 Å². The van der Waals surface area contributed by atoms with Crippen LogP contribution in [0.2, 0.25) is 0 Å². The fraction of sp³-hybridized carbons (Fsp3) is 0.833. The monoisotopic (exact) mass is 114 g/mol. The second-order valence-corrected chi connectivity index (χ2v) is 2.09. The molecule has 1 rings (SSSR count). The first-order valence-electron chi connectivity index (χ1n) is 2.95. The van der Waals surface area contributed by atoms with Crippen LogP contribution in [0.4, 0.5) is 0 Å². The van der Waals surface area contributed by atoms with Gasteiger partial charge in [-0.25, -0.2) is 0 Å². The fourth-order valence-corrected chi connectivity index (χ4v) is 0.858. The molecular formula is C6H10O2. The summed E-state index contributed by atoms with van der Waals surface area (Å²) in [5.74, 6) is 0.475. The number of Topliss-reactive ketones (excluding diaryl/α,β-unsaturated/α-hetero) is 1. The second-order valence-electron chi connectivity index (χ2n) is 2.09. The molecule has 2 heteroatoms. The van der Waals surface area contributed by atoms with Gasteiger partial charge in [0.05, 0.1) is 6.61 Å². The van der Waals surface area contributed by atoms with Gasteiger partial charge < -0.3 is 4.74 Å². The van der Waals surface area contributed by atoms with Crippen molar-refractivity contribution in [2.45, 2.75) is 13.3 Å². The lowest BCUT2D eigenvalue weighted by atomic mass is 10.1. The van der Waals surface area contributed by atoms with Crippen LogP contribution in [0.5, 0.6) is 0 Å². The number of hydrogen-bond acceptors (Lipinski definition) is 2. The van der Waals surface area contributed by atoms with E-state index >= 15 is 0 Å². The molecule has 0 unspecified atom stereocenters. The van der Waals surface area contributed by atoms with Crippen LogP contribution in [-0.2, 0) is 9.53 Å². The first-order valence-corrected chi connectivity index (χ1v) is 2.95. The highest BCUT2D eigenvalue weighted by Crippen LogP contribution is 2.10. The van der Waals surface area contributed by atoms with Gasteiger partial charge in [-0.15, -0.1) is 0 Å². The van der Waals surface area contributed by atoms with Crippen molar-refractivity contribution in [2.75, 3.05) is 13.2 Å². The van der Waals surface area contributed by atoms with E-state index in [1.165, 1.54) is 0 Å². The van der Waals surface area contributed by atoms with Gasteiger partial charge in [0.15, 0.2) is 5.78 Å². The standard InChI is InChI=1S/C6H10O2/c1-2-5-3-8-4-6(5)7/h5H,2-4H2,1H3/t5-/m1/s1.